The molecule has 0 bridgehead atoms. The zero-order valence-corrected chi connectivity index (χ0v) is 14.2. The smallest absolute Gasteiger partial charge is 0.318 e. The van der Waals surface area contributed by atoms with Gasteiger partial charge in [-0.25, -0.2) is 4.79 Å². The summed E-state index contributed by atoms with van der Waals surface area (Å²) in [7, 11) is 0. The van der Waals surface area contributed by atoms with Crippen molar-refractivity contribution < 1.29 is 9.59 Å². The third kappa shape index (κ3) is 4.28. The number of carbonyl (C=O) groups is 2. The molecule has 1 aromatic rings. The van der Waals surface area contributed by atoms with Gasteiger partial charge in [0.1, 0.15) is 6.04 Å². The van der Waals surface area contributed by atoms with E-state index >= 15 is 0 Å². The maximum atomic E-state index is 12.6. The van der Waals surface area contributed by atoms with Crippen molar-refractivity contribution in [1.82, 2.24) is 15.5 Å². The molecule has 2 N–H and O–H groups in total. The molecule has 1 aliphatic carbocycles. The van der Waals surface area contributed by atoms with Crippen LogP contribution in [0.3, 0.4) is 0 Å². The molecular formula is C19H27N3O2. The van der Waals surface area contributed by atoms with Crippen LogP contribution in [0.15, 0.2) is 30.3 Å². The molecule has 1 saturated carbocycles. The SMILES string of the molecule is O=C(NC1CCCCC1)[C@H]1CCCN1C(=O)NCc1ccccc1. The Hall–Kier alpha value is -2.04. The average molecular weight is 329 g/mol. The molecule has 24 heavy (non-hydrogen) atoms. The second-order valence-corrected chi connectivity index (χ2v) is 6.84. The van der Waals surface area contributed by atoms with Gasteiger partial charge in [0.15, 0.2) is 0 Å². The molecule has 1 heterocycles. The molecule has 5 nitrogen and oxygen atoms in total. The molecule has 1 saturated heterocycles. The fraction of sp³-hybridized carbons (Fsp3) is 0.579. The topological polar surface area (TPSA) is 61.4 Å². The van der Waals surface area contributed by atoms with Gasteiger partial charge in [0.25, 0.3) is 0 Å². The Morgan fingerprint density at radius 3 is 2.50 bits per heavy atom. The van der Waals surface area contributed by atoms with Crippen molar-refractivity contribution in [2.45, 2.75) is 63.6 Å². The van der Waals surface area contributed by atoms with Crippen LogP contribution in [0.4, 0.5) is 4.79 Å². The van der Waals surface area contributed by atoms with Gasteiger partial charge >= 0.3 is 6.03 Å². The highest BCUT2D eigenvalue weighted by Crippen LogP contribution is 2.21. The molecule has 3 amide bonds. The number of urea groups is 1. The van der Waals surface area contributed by atoms with E-state index in [0.29, 0.717) is 19.1 Å². The molecule has 1 aliphatic heterocycles. The number of benzene rings is 1. The van der Waals surface area contributed by atoms with Gasteiger partial charge in [-0.3, -0.25) is 4.79 Å². The third-order valence-corrected chi connectivity index (χ3v) is 5.05. The largest absolute Gasteiger partial charge is 0.352 e. The van der Waals surface area contributed by atoms with Crippen LogP contribution < -0.4 is 10.6 Å². The van der Waals surface area contributed by atoms with Crippen LogP contribution in [0, 0.1) is 0 Å². The van der Waals surface area contributed by atoms with Crippen molar-refractivity contribution >= 4 is 11.9 Å². The van der Waals surface area contributed by atoms with Crippen LogP contribution in [-0.2, 0) is 11.3 Å². The molecule has 2 fully saturated rings. The Kier molecular flexibility index (Phi) is 5.72. The normalized spacial score (nSPS) is 21.5. The fourth-order valence-electron chi connectivity index (χ4n) is 3.70. The van der Waals surface area contributed by atoms with Gasteiger partial charge in [0, 0.05) is 19.1 Å². The van der Waals surface area contributed by atoms with Crippen LogP contribution in [0.25, 0.3) is 0 Å². The van der Waals surface area contributed by atoms with Gasteiger partial charge in [0.2, 0.25) is 5.91 Å². The Bertz CT molecular complexity index is 555. The minimum Gasteiger partial charge on any atom is -0.352 e. The predicted molar refractivity (Wildman–Crippen MR) is 93.4 cm³/mol. The Balaban J connectivity index is 1.52. The van der Waals surface area contributed by atoms with Crippen molar-refractivity contribution in [1.29, 1.82) is 0 Å². The van der Waals surface area contributed by atoms with E-state index in [9.17, 15) is 9.59 Å². The summed E-state index contributed by atoms with van der Waals surface area (Å²) in [6.07, 6.45) is 7.44. The predicted octanol–water partition coefficient (Wildman–Crippen LogP) is 2.81. The van der Waals surface area contributed by atoms with E-state index in [-0.39, 0.29) is 18.0 Å². The Morgan fingerprint density at radius 2 is 1.75 bits per heavy atom. The first-order valence-electron chi connectivity index (χ1n) is 9.13. The second-order valence-electron chi connectivity index (χ2n) is 6.84. The zero-order chi connectivity index (χ0) is 16.8. The molecule has 1 atom stereocenters. The summed E-state index contributed by atoms with van der Waals surface area (Å²) in [5.74, 6) is 0.0225. The van der Waals surface area contributed by atoms with E-state index < -0.39 is 0 Å². The minimum absolute atomic E-state index is 0.0225. The highest BCUT2D eigenvalue weighted by molar-refractivity contribution is 5.87. The number of rotatable bonds is 4. The number of hydrogen-bond donors (Lipinski definition) is 2. The number of likely N-dealkylation sites (tertiary alicyclic amines) is 1. The maximum Gasteiger partial charge on any atom is 0.318 e. The molecule has 130 valence electrons. The lowest BCUT2D eigenvalue weighted by molar-refractivity contribution is -0.125. The van der Waals surface area contributed by atoms with E-state index in [0.717, 1.165) is 31.2 Å². The van der Waals surface area contributed by atoms with E-state index in [1.165, 1.54) is 19.3 Å². The van der Waals surface area contributed by atoms with Crippen molar-refractivity contribution in [2.24, 2.45) is 0 Å². The number of carbonyl (C=O) groups excluding carboxylic acids is 2. The summed E-state index contributed by atoms with van der Waals surface area (Å²) in [6, 6.07) is 9.67. The molecule has 1 aromatic carbocycles. The summed E-state index contributed by atoms with van der Waals surface area (Å²) in [4.78, 5) is 26.7. The quantitative estimate of drug-likeness (QED) is 0.892. The van der Waals surface area contributed by atoms with Gasteiger partial charge in [-0.1, -0.05) is 49.6 Å². The fourth-order valence-corrected chi connectivity index (χ4v) is 3.70. The molecule has 3 rings (SSSR count). The lowest BCUT2D eigenvalue weighted by Gasteiger charge is -2.28. The molecule has 2 aliphatic rings. The summed E-state index contributed by atoms with van der Waals surface area (Å²) in [6.45, 7) is 1.15. The van der Waals surface area contributed by atoms with E-state index in [1.807, 2.05) is 30.3 Å². The summed E-state index contributed by atoms with van der Waals surface area (Å²) < 4.78 is 0. The van der Waals surface area contributed by atoms with Gasteiger partial charge < -0.3 is 15.5 Å². The van der Waals surface area contributed by atoms with Crippen LogP contribution in [0.2, 0.25) is 0 Å². The van der Waals surface area contributed by atoms with E-state index in [1.54, 1.807) is 4.90 Å². The second kappa shape index (κ2) is 8.18. The zero-order valence-electron chi connectivity index (χ0n) is 14.2. The molecular weight excluding hydrogens is 302 g/mol. The number of nitrogens with zero attached hydrogens (tertiary/aromatic N) is 1. The third-order valence-electron chi connectivity index (χ3n) is 5.05. The van der Waals surface area contributed by atoms with Crippen LogP contribution in [0.5, 0.6) is 0 Å². The van der Waals surface area contributed by atoms with Crippen LogP contribution >= 0.6 is 0 Å². The van der Waals surface area contributed by atoms with Crippen LogP contribution in [-0.4, -0.2) is 35.5 Å². The molecule has 0 spiro atoms. The average Bonchev–Trinajstić information content (AvgIpc) is 3.11. The van der Waals surface area contributed by atoms with Gasteiger partial charge in [-0.05, 0) is 31.2 Å². The first-order chi connectivity index (χ1) is 11.7. The first kappa shape index (κ1) is 16.8. The Morgan fingerprint density at radius 1 is 1.00 bits per heavy atom. The lowest BCUT2D eigenvalue weighted by atomic mass is 9.95. The summed E-state index contributed by atoms with van der Waals surface area (Å²) in [5.41, 5.74) is 1.06. The summed E-state index contributed by atoms with van der Waals surface area (Å²) >= 11 is 0. The van der Waals surface area contributed by atoms with Gasteiger partial charge in [0.05, 0.1) is 0 Å². The van der Waals surface area contributed by atoms with Crippen molar-refractivity contribution in [3.8, 4) is 0 Å². The van der Waals surface area contributed by atoms with E-state index in [2.05, 4.69) is 10.6 Å². The Labute approximate surface area is 143 Å². The number of nitrogens with one attached hydrogen (secondary N) is 2. The van der Waals surface area contributed by atoms with E-state index in [4.69, 9.17) is 0 Å². The number of amides is 3. The minimum atomic E-state index is -0.317. The van der Waals surface area contributed by atoms with Gasteiger partial charge in [-0.2, -0.15) is 0 Å². The monoisotopic (exact) mass is 329 g/mol. The van der Waals surface area contributed by atoms with Crippen molar-refractivity contribution in [3.63, 3.8) is 0 Å². The molecule has 0 unspecified atom stereocenters. The standard InChI is InChI=1S/C19H27N3O2/c23-18(21-16-10-5-2-6-11-16)17-12-7-13-22(17)19(24)20-14-15-8-3-1-4-9-15/h1,3-4,8-9,16-17H,2,5-7,10-14H2,(H,20,24)(H,21,23)/t17-/m1/s1. The van der Waals surface area contributed by atoms with Crippen molar-refractivity contribution in [3.05, 3.63) is 35.9 Å². The lowest BCUT2D eigenvalue weighted by Crippen LogP contribution is -2.51. The van der Waals surface area contributed by atoms with Crippen molar-refractivity contribution in [2.75, 3.05) is 6.54 Å². The number of hydrogen-bond acceptors (Lipinski definition) is 2. The van der Waals surface area contributed by atoms with Crippen LogP contribution in [0.1, 0.15) is 50.5 Å². The molecule has 5 heteroatoms. The van der Waals surface area contributed by atoms with Gasteiger partial charge in [-0.15, -0.1) is 0 Å². The highest BCUT2D eigenvalue weighted by atomic mass is 16.2. The maximum absolute atomic E-state index is 12.6. The summed E-state index contributed by atoms with van der Waals surface area (Å²) in [5, 5.41) is 6.10. The molecule has 0 aromatic heterocycles. The first-order valence-corrected chi connectivity index (χ1v) is 9.13. The molecule has 0 radical (unpaired) electrons. The highest BCUT2D eigenvalue weighted by Gasteiger charge is 2.34.